The van der Waals surface area contributed by atoms with Crippen molar-refractivity contribution in [2.24, 2.45) is 4.99 Å². The molecule has 8 heteroatoms. The third-order valence-electron chi connectivity index (χ3n) is 3.27. The molecule has 4 nitrogen and oxygen atoms in total. The lowest BCUT2D eigenvalue weighted by Crippen LogP contribution is -2.47. The summed E-state index contributed by atoms with van der Waals surface area (Å²) < 4.78 is 36.1. The van der Waals surface area contributed by atoms with Crippen LogP contribution in [0.3, 0.4) is 0 Å². The highest BCUT2D eigenvalue weighted by Gasteiger charge is 2.26. The summed E-state index contributed by atoms with van der Waals surface area (Å²) in [5.74, 6) is 1.07. The van der Waals surface area contributed by atoms with Crippen LogP contribution in [-0.2, 0) is 10.8 Å². The molecule has 0 radical (unpaired) electrons. The summed E-state index contributed by atoms with van der Waals surface area (Å²) in [6.07, 6.45) is 1.38. The smallest absolute Gasteiger partial charge is 0.255 e. The minimum atomic E-state index is -2.40. The topological polar surface area (TPSA) is 53.5 Å². The normalized spacial score (nSPS) is 24.9. The van der Waals surface area contributed by atoms with Gasteiger partial charge in [-0.25, -0.2) is 8.78 Å². The molecule has 2 N–H and O–H groups in total. The Balaban J connectivity index is 0.00000361. The van der Waals surface area contributed by atoms with Crippen LogP contribution in [0.2, 0.25) is 0 Å². The molecule has 20 heavy (non-hydrogen) atoms. The van der Waals surface area contributed by atoms with Crippen molar-refractivity contribution >= 4 is 40.7 Å². The Labute approximate surface area is 139 Å². The zero-order chi connectivity index (χ0) is 14.3. The van der Waals surface area contributed by atoms with Crippen LogP contribution >= 0.6 is 24.0 Å². The van der Waals surface area contributed by atoms with E-state index in [4.69, 9.17) is 0 Å². The van der Waals surface area contributed by atoms with Crippen molar-refractivity contribution in [1.82, 2.24) is 10.6 Å². The third-order valence-corrected chi connectivity index (χ3v) is 5.01. The van der Waals surface area contributed by atoms with Crippen molar-refractivity contribution in [1.29, 1.82) is 0 Å². The molecule has 0 aliphatic heterocycles. The van der Waals surface area contributed by atoms with Crippen molar-refractivity contribution in [3.8, 4) is 0 Å². The van der Waals surface area contributed by atoms with Gasteiger partial charge in [0.25, 0.3) is 6.43 Å². The molecule has 0 aromatic heterocycles. The number of nitrogens with one attached hydrogen (secondary N) is 2. The van der Waals surface area contributed by atoms with Crippen LogP contribution in [-0.4, -0.2) is 47.2 Å². The van der Waals surface area contributed by atoms with Crippen LogP contribution < -0.4 is 10.6 Å². The van der Waals surface area contributed by atoms with Crippen molar-refractivity contribution < 1.29 is 13.0 Å². The van der Waals surface area contributed by atoms with E-state index in [0.29, 0.717) is 11.7 Å². The molecular weight excluding hydrogens is 399 g/mol. The Bertz CT molecular complexity index is 332. The maximum Gasteiger partial charge on any atom is 0.255 e. The van der Waals surface area contributed by atoms with Crippen molar-refractivity contribution in [3.05, 3.63) is 0 Å². The molecule has 1 saturated carbocycles. The van der Waals surface area contributed by atoms with E-state index in [1.54, 1.807) is 7.05 Å². The van der Waals surface area contributed by atoms with E-state index in [0.717, 1.165) is 25.7 Å². The number of hydrogen-bond acceptors (Lipinski definition) is 2. The standard InChI is InChI=1S/C12H23F2N3OS.HI/c1-3-19(18)10-6-4-5-9(7-10)17-12(15-2)16-8-11(13)14;/h9-11H,3-8H2,1-2H3,(H2,15,16,17);1H. The molecule has 1 aliphatic carbocycles. The Kier molecular flexibility index (Phi) is 10.7. The van der Waals surface area contributed by atoms with Gasteiger partial charge in [0.15, 0.2) is 5.96 Å². The number of rotatable bonds is 5. The fourth-order valence-electron chi connectivity index (χ4n) is 2.31. The summed E-state index contributed by atoms with van der Waals surface area (Å²) in [5.41, 5.74) is 0. The fraction of sp³-hybridized carbons (Fsp3) is 0.917. The number of hydrogen-bond donors (Lipinski definition) is 2. The zero-order valence-electron chi connectivity index (χ0n) is 11.9. The maximum atomic E-state index is 12.1. The largest absolute Gasteiger partial charge is 0.354 e. The number of alkyl halides is 2. The second-order valence-corrected chi connectivity index (χ2v) is 6.65. The zero-order valence-corrected chi connectivity index (χ0v) is 15.0. The van der Waals surface area contributed by atoms with Gasteiger partial charge in [0.2, 0.25) is 0 Å². The van der Waals surface area contributed by atoms with E-state index in [1.807, 2.05) is 6.92 Å². The first kappa shape index (κ1) is 20.0. The molecule has 1 rings (SSSR count). The Morgan fingerprint density at radius 2 is 2.15 bits per heavy atom. The van der Waals surface area contributed by atoms with E-state index in [1.165, 1.54) is 0 Å². The summed E-state index contributed by atoms with van der Waals surface area (Å²) in [6.45, 7) is 1.52. The second-order valence-electron chi connectivity index (χ2n) is 4.64. The van der Waals surface area contributed by atoms with Gasteiger partial charge in [-0.15, -0.1) is 24.0 Å². The molecule has 0 aromatic carbocycles. The van der Waals surface area contributed by atoms with E-state index in [2.05, 4.69) is 15.6 Å². The van der Waals surface area contributed by atoms with Crippen LogP contribution in [0.1, 0.15) is 32.6 Å². The maximum absolute atomic E-state index is 12.1. The average Bonchev–Trinajstić information content (AvgIpc) is 2.42. The lowest BCUT2D eigenvalue weighted by atomic mass is 9.95. The van der Waals surface area contributed by atoms with E-state index < -0.39 is 23.8 Å². The molecule has 3 unspecified atom stereocenters. The third kappa shape index (κ3) is 7.14. The van der Waals surface area contributed by atoms with E-state index >= 15 is 0 Å². The highest BCUT2D eigenvalue weighted by Crippen LogP contribution is 2.22. The SMILES string of the molecule is CCS(=O)C1CCCC(NC(=NC)NCC(F)F)C1.I. The van der Waals surface area contributed by atoms with Gasteiger partial charge in [0.1, 0.15) is 0 Å². The van der Waals surface area contributed by atoms with Crippen LogP contribution in [0.4, 0.5) is 8.78 Å². The summed E-state index contributed by atoms with van der Waals surface area (Å²) in [7, 11) is 0.779. The van der Waals surface area contributed by atoms with Gasteiger partial charge in [-0.05, 0) is 19.3 Å². The van der Waals surface area contributed by atoms with Gasteiger partial charge in [0, 0.05) is 34.9 Å². The molecule has 0 bridgehead atoms. The van der Waals surface area contributed by atoms with Gasteiger partial charge in [-0.3, -0.25) is 9.20 Å². The van der Waals surface area contributed by atoms with E-state index in [9.17, 15) is 13.0 Å². The van der Waals surface area contributed by atoms with Crippen LogP contribution in [0, 0.1) is 0 Å². The molecule has 0 amide bonds. The van der Waals surface area contributed by atoms with Gasteiger partial charge in [-0.1, -0.05) is 13.3 Å². The highest BCUT2D eigenvalue weighted by atomic mass is 127. The molecule has 0 heterocycles. The van der Waals surface area contributed by atoms with Crippen LogP contribution in [0.25, 0.3) is 0 Å². The molecule has 120 valence electrons. The quantitative estimate of drug-likeness (QED) is 0.405. The molecule has 0 saturated heterocycles. The van der Waals surface area contributed by atoms with Gasteiger partial charge < -0.3 is 10.6 Å². The predicted molar refractivity (Wildman–Crippen MR) is 90.6 cm³/mol. The first-order valence-corrected chi connectivity index (χ1v) is 8.07. The molecule has 3 atom stereocenters. The average molecular weight is 423 g/mol. The number of aliphatic imine (C=N–C) groups is 1. The Morgan fingerprint density at radius 3 is 2.70 bits per heavy atom. The van der Waals surface area contributed by atoms with Crippen LogP contribution in [0.15, 0.2) is 4.99 Å². The van der Waals surface area contributed by atoms with Gasteiger partial charge in [-0.2, -0.15) is 0 Å². The molecule has 1 fully saturated rings. The Morgan fingerprint density at radius 1 is 1.45 bits per heavy atom. The minimum Gasteiger partial charge on any atom is -0.354 e. The summed E-state index contributed by atoms with van der Waals surface area (Å²) in [4.78, 5) is 3.93. The first-order valence-electron chi connectivity index (χ1n) is 6.69. The van der Waals surface area contributed by atoms with Crippen molar-refractivity contribution in [3.63, 3.8) is 0 Å². The lowest BCUT2D eigenvalue weighted by Gasteiger charge is -2.30. The molecular formula is C12H24F2IN3OS. The molecule has 0 spiro atoms. The fourth-order valence-corrected chi connectivity index (χ4v) is 3.66. The second kappa shape index (κ2) is 10.7. The van der Waals surface area contributed by atoms with Crippen molar-refractivity contribution in [2.45, 2.75) is 50.3 Å². The lowest BCUT2D eigenvalue weighted by molar-refractivity contribution is 0.152. The predicted octanol–water partition coefficient (Wildman–Crippen LogP) is 2.11. The molecule has 0 aromatic rings. The van der Waals surface area contributed by atoms with Gasteiger partial charge >= 0.3 is 0 Å². The summed E-state index contributed by atoms with van der Waals surface area (Å²) >= 11 is 0. The number of guanidine groups is 1. The summed E-state index contributed by atoms with van der Waals surface area (Å²) in [5, 5.41) is 5.94. The van der Waals surface area contributed by atoms with Crippen molar-refractivity contribution in [2.75, 3.05) is 19.3 Å². The monoisotopic (exact) mass is 423 g/mol. The van der Waals surface area contributed by atoms with Crippen LogP contribution in [0.5, 0.6) is 0 Å². The van der Waals surface area contributed by atoms with Gasteiger partial charge in [0.05, 0.1) is 6.54 Å². The number of nitrogens with zero attached hydrogens (tertiary/aromatic N) is 1. The molecule has 1 aliphatic rings. The van der Waals surface area contributed by atoms with E-state index in [-0.39, 0.29) is 35.3 Å². The number of halogens is 3. The first-order chi connectivity index (χ1) is 9.06. The minimum absolute atomic E-state index is 0. The summed E-state index contributed by atoms with van der Waals surface area (Å²) in [6, 6.07) is 0.165. The highest BCUT2D eigenvalue weighted by molar-refractivity contribution is 14.0. The Hall–Kier alpha value is 0.01000.